The highest BCUT2D eigenvalue weighted by Crippen LogP contribution is 2.18. The Hall–Kier alpha value is -0.380. The van der Waals surface area contributed by atoms with Crippen LogP contribution >= 0.6 is 0 Å². The van der Waals surface area contributed by atoms with Crippen LogP contribution in [0.5, 0.6) is 0 Å². The summed E-state index contributed by atoms with van der Waals surface area (Å²) in [7, 11) is 1.78. The number of ether oxygens (including phenoxy) is 1. The van der Waals surface area contributed by atoms with E-state index in [1.165, 1.54) is 44.5 Å². The van der Waals surface area contributed by atoms with Crippen molar-refractivity contribution >= 4 is 0 Å². The topological polar surface area (TPSA) is 24.5 Å². The van der Waals surface area contributed by atoms with E-state index in [0.29, 0.717) is 6.04 Å². The first kappa shape index (κ1) is 13.1. The molecule has 1 N–H and O–H groups in total. The minimum atomic E-state index is 0.695. The smallest absolute Gasteiger partial charge is 0.0673 e. The van der Waals surface area contributed by atoms with Crippen molar-refractivity contribution in [3.05, 3.63) is 11.6 Å². The van der Waals surface area contributed by atoms with E-state index in [0.717, 1.165) is 19.1 Å². The Balaban J connectivity index is 1.77. The minimum absolute atomic E-state index is 0.695. The molecule has 0 aromatic heterocycles. The molecule has 3 heteroatoms. The molecular weight excluding hydrogens is 212 g/mol. The highest BCUT2D eigenvalue weighted by molar-refractivity contribution is 5.08. The van der Waals surface area contributed by atoms with Gasteiger partial charge >= 0.3 is 0 Å². The van der Waals surface area contributed by atoms with Gasteiger partial charge in [0.1, 0.15) is 0 Å². The molecule has 0 saturated carbocycles. The van der Waals surface area contributed by atoms with Crippen LogP contribution < -0.4 is 5.32 Å². The van der Waals surface area contributed by atoms with Gasteiger partial charge in [0.25, 0.3) is 0 Å². The molecule has 2 aliphatic rings. The highest BCUT2D eigenvalue weighted by atomic mass is 16.5. The second kappa shape index (κ2) is 6.53. The standard InChI is InChI=1S/C14H26N2O/c1-12-4-3-7-15-14(12)10-16-8-5-13(6-9-16)11-17-2/h5,12,14-15H,3-4,6-11H2,1-2H3. The number of nitrogens with one attached hydrogen (secondary N) is 1. The van der Waals surface area contributed by atoms with Crippen molar-refractivity contribution in [3.8, 4) is 0 Å². The van der Waals surface area contributed by atoms with E-state index >= 15 is 0 Å². The predicted octanol–water partition coefficient (Wildman–Crippen LogP) is 1.65. The fourth-order valence-electron chi connectivity index (χ4n) is 2.87. The second-order valence-corrected chi connectivity index (χ2v) is 5.49. The quantitative estimate of drug-likeness (QED) is 0.754. The van der Waals surface area contributed by atoms with E-state index in [1.807, 2.05) is 0 Å². The number of hydrogen-bond donors (Lipinski definition) is 1. The Labute approximate surface area is 105 Å². The van der Waals surface area contributed by atoms with Gasteiger partial charge in [-0.3, -0.25) is 4.90 Å². The van der Waals surface area contributed by atoms with E-state index in [-0.39, 0.29) is 0 Å². The van der Waals surface area contributed by atoms with Crippen molar-refractivity contribution in [2.24, 2.45) is 5.92 Å². The molecule has 0 amide bonds. The van der Waals surface area contributed by atoms with Crippen LogP contribution in [0.1, 0.15) is 26.2 Å². The third kappa shape index (κ3) is 3.80. The first-order valence-corrected chi connectivity index (χ1v) is 6.92. The summed E-state index contributed by atoms with van der Waals surface area (Å²) in [4.78, 5) is 2.57. The monoisotopic (exact) mass is 238 g/mol. The van der Waals surface area contributed by atoms with Gasteiger partial charge in [-0.2, -0.15) is 0 Å². The molecule has 0 bridgehead atoms. The summed E-state index contributed by atoms with van der Waals surface area (Å²) in [5.74, 6) is 0.827. The molecule has 2 aliphatic heterocycles. The zero-order valence-corrected chi connectivity index (χ0v) is 11.2. The summed E-state index contributed by atoms with van der Waals surface area (Å²) < 4.78 is 5.18. The van der Waals surface area contributed by atoms with E-state index in [9.17, 15) is 0 Å². The molecule has 0 aromatic carbocycles. The van der Waals surface area contributed by atoms with Crippen molar-refractivity contribution in [3.63, 3.8) is 0 Å². The third-order valence-corrected chi connectivity index (χ3v) is 4.10. The molecule has 0 aromatic rings. The van der Waals surface area contributed by atoms with Crippen molar-refractivity contribution in [2.75, 3.05) is 39.9 Å². The van der Waals surface area contributed by atoms with Crippen molar-refractivity contribution in [2.45, 2.75) is 32.2 Å². The number of rotatable bonds is 4. The van der Waals surface area contributed by atoms with Crippen molar-refractivity contribution in [1.29, 1.82) is 0 Å². The Kier molecular flexibility index (Phi) is 5.01. The Morgan fingerprint density at radius 3 is 3.06 bits per heavy atom. The van der Waals surface area contributed by atoms with Crippen LogP contribution in [-0.2, 0) is 4.74 Å². The van der Waals surface area contributed by atoms with Crippen LogP contribution in [0, 0.1) is 5.92 Å². The van der Waals surface area contributed by atoms with Crippen LogP contribution in [-0.4, -0.2) is 50.8 Å². The van der Waals surface area contributed by atoms with Crippen LogP contribution in [0.2, 0.25) is 0 Å². The molecular formula is C14H26N2O. The fraction of sp³-hybridized carbons (Fsp3) is 0.857. The van der Waals surface area contributed by atoms with Crippen LogP contribution in [0.15, 0.2) is 11.6 Å². The average Bonchev–Trinajstić information content (AvgIpc) is 2.35. The molecule has 1 saturated heterocycles. The van der Waals surface area contributed by atoms with Crippen molar-refractivity contribution in [1.82, 2.24) is 10.2 Å². The number of piperidine rings is 1. The molecule has 2 heterocycles. The van der Waals surface area contributed by atoms with Gasteiger partial charge in [0.05, 0.1) is 6.61 Å². The molecule has 98 valence electrons. The summed E-state index contributed by atoms with van der Waals surface area (Å²) in [6, 6.07) is 0.695. The summed E-state index contributed by atoms with van der Waals surface area (Å²) in [6.07, 6.45) is 6.25. The Morgan fingerprint density at radius 1 is 1.53 bits per heavy atom. The largest absolute Gasteiger partial charge is 0.380 e. The molecule has 0 radical (unpaired) electrons. The van der Waals surface area contributed by atoms with Gasteiger partial charge in [-0.15, -0.1) is 0 Å². The van der Waals surface area contributed by atoms with Gasteiger partial charge < -0.3 is 10.1 Å². The fourth-order valence-corrected chi connectivity index (χ4v) is 2.87. The molecule has 2 atom stereocenters. The lowest BCUT2D eigenvalue weighted by molar-refractivity contribution is 0.186. The number of nitrogens with zero attached hydrogens (tertiary/aromatic N) is 1. The first-order chi connectivity index (χ1) is 8.29. The van der Waals surface area contributed by atoms with Crippen LogP contribution in [0.25, 0.3) is 0 Å². The molecule has 17 heavy (non-hydrogen) atoms. The van der Waals surface area contributed by atoms with Gasteiger partial charge in [0.15, 0.2) is 0 Å². The zero-order chi connectivity index (χ0) is 12.1. The van der Waals surface area contributed by atoms with Crippen molar-refractivity contribution < 1.29 is 4.74 Å². The number of hydrogen-bond acceptors (Lipinski definition) is 3. The van der Waals surface area contributed by atoms with E-state index < -0.39 is 0 Å². The van der Waals surface area contributed by atoms with Gasteiger partial charge in [0, 0.05) is 32.8 Å². The van der Waals surface area contributed by atoms with Gasteiger partial charge in [0.2, 0.25) is 0 Å². The average molecular weight is 238 g/mol. The maximum atomic E-state index is 5.18. The highest BCUT2D eigenvalue weighted by Gasteiger charge is 2.23. The maximum Gasteiger partial charge on any atom is 0.0673 e. The molecule has 0 aliphatic carbocycles. The van der Waals surface area contributed by atoms with E-state index in [2.05, 4.69) is 23.2 Å². The zero-order valence-electron chi connectivity index (χ0n) is 11.2. The van der Waals surface area contributed by atoms with Crippen LogP contribution in [0.4, 0.5) is 0 Å². The lowest BCUT2D eigenvalue weighted by atomic mass is 9.92. The Morgan fingerprint density at radius 2 is 2.41 bits per heavy atom. The summed E-state index contributed by atoms with van der Waals surface area (Å²) in [5.41, 5.74) is 1.47. The molecule has 3 nitrogen and oxygen atoms in total. The normalized spacial score (nSPS) is 31.3. The predicted molar refractivity (Wildman–Crippen MR) is 71.2 cm³/mol. The molecule has 2 rings (SSSR count). The minimum Gasteiger partial charge on any atom is -0.380 e. The van der Waals surface area contributed by atoms with Crippen LogP contribution in [0.3, 0.4) is 0 Å². The lowest BCUT2D eigenvalue weighted by Gasteiger charge is -2.35. The third-order valence-electron chi connectivity index (χ3n) is 4.10. The second-order valence-electron chi connectivity index (χ2n) is 5.49. The lowest BCUT2D eigenvalue weighted by Crippen LogP contribution is -2.48. The molecule has 0 spiro atoms. The summed E-state index contributed by atoms with van der Waals surface area (Å²) in [6.45, 7) is 7.90. The first-order valence-electron chi connectivity index (χ1n) is 6.92. The molecule has 1 fully saturated rings. The van der Waals surface area contributed by atoms with E-state index in [1.54, 1.807) is 7.11 Å². The van der Waals surface area contributed by atoms with E-state index in [4.69, 9.17) is 4.74 Å². The summed E-state index contributed by atoms with van der Waals surface area (Å²) >= 11 is 0. The van der Waals surface area contributed by atoms with Gasteiger partial charge in [-0.05, 0) is 37.3 Å². The Bertz CT molecular complexity index is 265. The molecule has 2 unspecified atom stereocenters. The van der Waals surface area contributed by atoms with Gasteiger partial charge in [-0.25, -0.2) is 0 Å². The number of methoxy groups -OCH3 is 1. The SMILES string of the molecule is COCC1=CCN(CC2NCCCC2C)CC1. The van der Waals surface area contributed by atoms with Gasteiger partial charge in [-0.1, -0.05) is 13.0 Å². The summed E-state index contributed by atoms with van der Waals surface area (Å²) in [5, 5.41) is 3.67. The maximum absolute atomic E-state index is 5.18.